The second-order valence-corrected chi connectivity index (χ2v) is 20.5. The van der Waals surface area contributed by atoms with E-state index in [9.17, 15) is 44.6 Å². The summed E-state index contributed by atoms with van der Waals surface area (Å²) < 4.78 is 33.6. The highest BCUT2D eigenvalue weighted by Gasteiger charge is 2.51. The highest BCUT2D eigenvalue weighted by atomic mass is 31.2. The third-order valence-electron chi connectivity index (χ3n) is 12.9. The number of aliphatic hydroxyl groups excluding tert-OH is 5. The van der Waals surface area contributed by atoms with Gasteiger partial charge in [0.25, 0.3) is 0 Å². The molecule has 8 atom stereocenters. The first kappa shape index (κ1) is 62.6. The van der Waals surface area contributed by atoms with E-state index in [-0.39, 0.29) is 12.8 Å². The highest BCUT2D eigenvalue weighted by molar-refractivity contribution is 7.47. The molecular formula is C52H99O13P. The first-order valence-corrected chi connectivity index (χ1v) is 28.5. The fourth-order valence-electron chi connectivity index (χ4n) is 8.52. The SMILES string of the molecule is CCCCCCC/C=C/CCCCCCCC(=O)O[C@@H](COC(=O)CCCCCCCCCCCCCCCCCCCCCCCCC)COP(=O)(O)OC1C(O)C(O)C(O)[C@H](O)C1O. The largest absolute Gasteiger partial charge is 0.472 e. The second-order valence-electron chi connectivity index (χ2n) is 19.1. The predicted molar refractivity (Wildman–Crippen MR) is 263 cm³/mol. The van der Waals surface area contributed by atoms with Crippen LogP contribution in [0.15, 0.2) is 12.2 Å². The predicted octanol–water partition coefficient (Wildman–Crippen LogP) is 11.8. The van der Waals surface area contributed by atoms with E-state index in [2.05, 4.69) is 26.0 Å². The molecule has 1 aliphatic rings. The summed E-state index contributed by atoms with van der Waals surface area (Å²) in [6, 6.07) is 0. The molecule has 0 saturated heterocycles. The van der Waals surface area contributed by atoms with Crippen LogP contribution in [0, 0.1) is 0 Å². The smallest absolute Gasteiger partial charge is 0.462 e. The molecule has 0 aromatic heterocycles. The van der Waals surface area contributed by atoms with Crippen molar-refractivity contribution in [3.8, 4) is 0 Å². The van der Waals surface area contributed by atoms with Gasteiger partial charge in [-0.1, -0.05) is 212 Å². The van der Waals surface area contributed by atoms with Crippen LogP contribution in [-0.2, 0) is 32.7 Å². The normalized spacial score (nSPS) is 21.3. The minimum atomic E-state index is -5.12. The molecule has 1 saturated carbocycles. The van der Waals surface area contributed by atoms with Gasteiger partial charge >= 0.3 is 19.8 Å². The van der Waals surface area contributed by atoms with Gasteiger partial charge in [0, 0.05) is 12.8 Å². The lowest BCUT2D eigenvalue weighted by molar-refractivity contribution is -0.220. The van der Waals surface area contributed by atoms with Gasteiger partial charge < -0.3 is 39.9 Å². The molecule has 0 aliphatic heterocycles. The summed E-state index contributed by atoms with van der Waals surface area (Å²) in [4.78, 5) is 35.8. The molecular weight excluding hydrogens is 864 g/mol. The Morgan fingerprint density at radius 2 is 0.773 bits per heavy atom. The van der Waals surface area contributed by atoms with Crippen LogP contribution < -0.4 is 0 Å². The van der Waals surface area contributed by atoms with E-state index in [0.717, 1.165) is 57.8 Å². The van der Waals surface area contributed by atoms with E-state index >= 15 is 0 Å². The second kappa shape index (κ2) is 42.5. The van der Waals surface area contributed by atoms with Gasteiger partial charge in [0.15, 0.2) is 6.10 Å². The van der Waals surface area contributed by atoms with Crippen LogP contribution in [0.25, 0.3) is 0 Å². The Bertz CT molecular complexity index is 1200. The highest BCUT2D eigenvalue weighted by Crippen LogP contribution is 2.47. The van der Waals surface area contributed by atoms with Crippen LogP contribution in [0.3, 0.4) is 0 Å². The summed E-state index contributed by atoms with van der Waals surface area (Å²) in [7, 11) is -5.12. The van der Waals surface area contributed by atoms with E-state index < -0.39 is 75.7 Å². The zero-order valence-corrected chi connectivity index (χ0v) is 42.7. The third kappa shape index (κ3) is 34.0. The van der Waals surface area contributed by atoms with Gasteiger partial charge in [0.1, 0.15) is 43.2 Å². The van der Waals surface area contributed by atoms with Crippen molar-refractivity contribution in [3.63, 3.8) is 0 Å². The maximum absolute atomic E-state index is 12.8. The lowest BCUT2D eigenvalue weighted by Crippen LogP contribution is -2.64. The minimum absolute atomic E-state index is 0.0910. The number of allylic oxidation sites excluding steroid dienone is 2. The van der Waals surface area contributed by atoms with Crippen LogP contribution in [0.5, 0.6) is 0 Å². The van der Waals surface area contributed by atoms with Crippen molar-refractivity contribution in [1.29, 1.82) is 0 Å². The van der Waals surface area contributed by atoms with Crippen molar-refractivity contribution in [2.45, 2.75) is 294 Å². The average Bonchev–Trinajstić information content (AvgIpc) is 3.30. The van der Waals surface area contributed by atoms with Gasteiger partial charge in [-0.25, -0.2) is 4.57 Å². The zero-order valence-electron chi connectivity index (χ0n) is 41.8. The quantitative estimate of drug-likeness (QED) is 0.0145. The number of carbonyl (C=O) groups is 2. The van der Waals surface area contributed by atoms with Gasteiger partial charge in [-0.2, -0.15) is 0 Å². The number of esters is 2. The van der Waals surface area contributed by atoms with Crippen LogP contribution >= 0.6 is 7.82 Å². The summed E-state index contributed by atoms with van der Waals surface area (Å²) >= 11 is 0. The van der Waals surface area contributed by atoms with Crippen LogP contribution in [-0.4, -0.2) is 98.3 Å². The molecule has 66 heavy (non-hydrogen) atoms. The standard InChI is InChI=1S/C52H99O13P/c1-3-5-7-9-11-13-15-17-19-20-21-22-23-24-25-26-27-29-30-32-34-36-38-40-45(53)62-42-44(43-63-66(60,61)65-52-50(58)48(56)47(55)49(57)51(52)59)64-46(54)41-39-37-35-33-31-28-18-16-14-12-10-8-6-4-2/h16,18,44,47-52,55-59H,3-15,17,19-43H2,1-2H3,(H,60,61)/b18-16+/t44-,47?,48-,49?,50?,51?,52?/m0/s1. The molecule has 13 nitrogen and oxygen atoms in total. The Labute approximate surface area is 401 Å². The number of ether oxygens (including phenoxy) is 2. The fraction of sp³-hybridized carbons (Fsp3) is 0.923. The van der Waals surface area contributed by atoms with E-state index in [1.54, 1.807) is 0 Å². The molecule has 0 bridgehead atoms. The van der Waals surface area contributed by atoms with Crippen molar-refractivity contribution >= 4 is 19.8 Å². The number of aliphatic hydroxyl groups is 5. The molecule has 6 unspecified atom stereocenters. The molecule has 0 heterocycles. The lowest BCUT2D eigenvalue weighted by Gasteiger charge is -2.41. The van der Waals surface area contributed by atoms with Gasteiger partial charge in [-0.05, 0) is 38.5 Å². The Morgan fingerprint density at radius 3 is 1.15 bits per heavy atom. The maximum atomic E-state index is 12.8. The molecule has 0 aromatic carbocycles. The maximum Gasteiger partial charge on any atom is 0.472 e. The zero-order chi connectivity index (χ0) is 48.5. The summed E-state index contributed by atoms with van der Waals surface area (Å²) in [6.45, 7) is 3.33. The van der Waals surface area contributed by atoms with Gasteiger partial charge in [0.05, 0.1) is 6.61 Å². The lowest BCUT2D eigenvalue weighted by atomic mass is 9.85. The molecule has 14 heteroatoms. The third-order valence-corrected chi connectivity index (χ3v) is 13.8. The molecule has 1 aliphatic carbocycles. The number of phosphoric ester groups is 1. The first-order valence-electron chi connectivity index (χ1n) is 27.0. The van der Waals surface area contributed by atoms with Crippen molar-refractivity contribution in [2.24, 2.45) is 0 Å². The summed E-state index contributed by atoms with van der Waals surface area (Å²) in [5, 5.41) is 50.3. The number of unbranched alkanes of at least 4 members (excludes halogenated alkanes) is 32. The Balaban J connectivity index is 2.32. The molecule has 0 aromatic rings. The average molecular weight is 963 g/mol. The van der Waals surface area contributed by atoms with Crippen molar-refractivity contribution in [1.82, 2.24) is 0 Å². The fourth-order valence-corrected chi connectivity index (χ4v) is 9.49. The molecule has 0 radical (unpaired) electrons. The van der Waals surface area contributed by atoms with Gasteiger partial charge in [0.2, 0.25) is 0 Å². The van der Waals surface area contributed by atoms with E-state index in [0.29, 0.717) is 12.8 Å². The van der Waals surface area contributed by atoms with Crippen LogP contribution in [0.2, 0.25) is 0 Å². The van der Waals surface area contributed by atoms with Gasteiger partial charge in [-0.3, -0.25) is 18.6 Å². The Hall–Kier alpha value is -1.41. The number of carbonyl (C=O) groups excluding carboxylic acids is 2. The number of rotatable bonds is 46. The monoisotopic (exact) mass is 963 g/mol. The Morgan fingerprint density at radius 1 is 0.455 bits per heavy atom. The molecule has 0 spiro atoms. The van der Waals surface area contributed by atoms with Gasteiger partial charge in [-0.15, -0.1) is 0 Å². The van der Waals surface area contributed by atoms with E-state index in [1.807, 2.05) is 0 Å². The number of phosphoric acid groups is 1. The summed E-state index contributed by atoms with van der Waals surface area (Å²) in [6.07, 6.45) is 34.1. The Kier molecular flexibility index (Phi) is 40.3. The molecule has 1 rings (SSSR count). The molecule has 0 amide bonds. The van der Waals surface area contributed by atoms with Crippen molar-refractivity contribution in [3.05, 3.63) is 12.2 Å². The van der Waals surface area contributed by atoms with E-state index in [1.165, 1.54) is 154 Å². The summed E-state index contributed by atoms with van der Waals surface area (Å²) in [5.74, 6) is -1.09. The van der Waals surface area contributed by atoms with Crippen LogP contribution in [0.4, 0.5) is 0 Å². The first-order chi connectivity index (χ1) is 31.9. The van der Waals surface area contributed by atoms with Crippen molar-refractivity contribution in [2.75, 3.05) is 13.2 Å². The topological polar surface area (TPSA) is 210 Å². The molecule has 390 valence electrons. The van der Waals surface area contributed by atoms with E-state index in [4.69, 9.17) is 18.5 Å². The number of hydrogen-bond acceptors (Lipinski definition) is 12. The molecule has 6 N–H and O–H groups in total. The van der Waals surface area contributed by atoms with Crippen LogP contribution in [0.1, 0.15) is 251 Å². The summed E-state index contributed by atoms with van der Waals surface area (Å²) in [5.41, 5.74) is 0. The van der Waals surface area contributed by atoms with Crippen molar-refractivity contribution < 1.29 is 63.1 Å². The number of hydrogen-bond donors (Lipinski definition) is 6. The minimum Gasteiger partial charge on any atom is -0.462 e. The molecule has 1 fully saturated rings.